The summed E-state index contributed by atoms with van der Waals surface area (Å²) in [5.41, 5.74) is 12.9. The number of aryl methyl sites for hydroxylation is 2. The fraction of sp³-hybridized carbons (Fsp3) is 0.643. The minimum absolute atomic E-state index is 0.0257. The third-order valence-corrected chi connectivity index (χ3v) is 13.7. The SMILES string of the molecule is C=C(/C=C\N=C(C)CCC)/C(N=C(OC)[C@@]1(C)CCCc2sc(N)c(C#N)c21)=C(/C)CC.CCCCCCN(CCC)CCOCCOCCOCCOc1cccc(C)c1N(C)C(=O)C(C)CC. The van der Waals surface area contributed by atoms with E-state index in [-0.39, 0.29) is 11.8 Å². The molecule has 2 aromatic rings. The van der Waals surface area contributed by atoms with E-state index in [4.69, 9.17) is 34.4 Å². The number of nitrogen functional groups attached to an aromatic ring is 1. The number of hydrogen-bond acceptors (Lipinski definition) is 12. The molecule has 0 saturated carbocycles. The minimum atomic E-state index is -0.513. The molecule has 13 heteroatoms. The molecule has 1 heterocycles. The van der Waals surface area contributed by atoms with Crippen LogP contribution in [0.3, 0.4) is 0 Å². The third kappa shape index (κ3) is 20.1. The Bertz CT molecular complexity index is 2020. The maximum Gasteiger partial charge on any atom is 0.229 e. The van der Waals surface area contributed by atoms with Crippen LogP contribution >= 0.6 is 11.3 Å². The van der Waals surface area contributed by atoms with Gasteiger partial charge in [-0.2, -0.15) is 5.26 Å². The van der Waals surface area contributed by atoms with E-state index < -0.39 is 5.41 Å². The van der Waals surface area contributed by atoms with Crippen molar-refractivity contribution in [3.8, 4) is 11.8 Å². The van der Waals surface area contributed by atoms with E-state index >= 15 is 0 Å². The van der Waals surface area contributed by atoms with Crippen molar-refractivity contribution in [1.82, 2.24) is 4.90 Å². The van der Waals surface area contributed by atoms with Crippen LogP contribution in [0, 0.1) is 24.2 Å². The predicted octanol–water partition coefficient (Wildman–Crippen LogP) is 12.6. The number of ether oxygens (including phenoxy) is 5. The summed E-state index contributed by atoms with van der Waals surface area (Å²) in [6, 6.07) is 8.16. The molecule has 2 atom stereocenters. The molecule has 12 nitrogen and oxygen atoms in total. The van der Waals surface area contributed by atoms with Crippen LogP contribution in [0.4, 0.5) is 10.7 Å². The molecule has 0 bridgehead atoms. The Morgan fingerprint density at radius 1 is 0.971 bits per heavy atom. The van der Waals surface area contributed by atoms with E-state index in [1.807, 2.05) is 59.0 Å². The summed E-state index contributed by atoms with van der Waals surface area (Å²) in [4.78, 5) is 27.6. The first-order chi connectivity index (χ1) is 33.2. The largest absolute Gasteiger partial charge is 0.489 e. The molecule has 0 fully saturated rings. The second-order valence-corrected chi connectivity index (χ2v) is 19.3. The average molecular weight is 975 g/mol. The molecule has 69 heavy (non-hydrogen) atoms. The molecule has 0 aliphatic heterocycles. The first-order valence-electron chi connectivity index (χ1n) is 25.7. The summed E-state index contributed by atoms with van der Waals surface area (Å²) < 4.78 is 28.9. The Morgan fingerprint density at radius 2 is 1.65 bits per heavy atom. The van der Waals surface area contributed by atoms with Gasteiger partial charge in [0.25, 0.3) is 0 Å². The highest BCUT2D eigenvalue weighted by Gasteiger charge is 2.42. The summed E-state index contributed by atoms with van der Waals surface area (Å²) in [5, 5.41) is 10.4. The number of benzene rings is 1. The number of thiophene rings is 1. The van der Waals surface area contributed by atoms with Crippen molar-refractivity contribution in [3.05, 3.63) is 75.5 Å². The van der Waals surface area contributed by atoms with Gasteiger partial charge in [0.05, 0.1) is 69.1 Å². The number of para-hydroxylation sites is 1. The zero-order valence-corrected chi connectivity index (χ0v) is 45.7. The standard InChI is InChI=1S/C30H54N2O5.C26H36N4OS/c1-7-10-11-12-17-32(16-8-2)18-19-34-20-21-35-22-23-36-24-25-37-28-15-13-14-27(5)29(28)31(6)30(33)26(4)9-3;1-8-11-19(5)29-15-13-18(4)23(17(3)9-2)30-25(31-7)26(6)14-10-12-21-22(26)20(16-27)24(28)32-21/h13-15,26H,7-12,16-25H2,1-6H3;13,15H,4,8-12,14,28H2,1-3,5-7H3/b;15-13-,23-17+,29-19?,30-25?/t;26-/m.0/s1. The number of nitrogens with zero attached hydrogens (tertiary/aromatic N) is 5. The summed E-state index contributed by atoms with van der Waals surface area (Å²) in [7, 11) is 3.47. The van der Waals surface area contributed by atoms with Gasteiger partial charge in [0.15, 0.2) is 5.90 Å². The van der Waals surface area contributed by atoms with Crippen LogP contribution in [-0.2, 0) is 35.6 Å². The van der Waals surface area contributed by atoms with Gasteiger partial charge in [0.1, 0.15) is 23.4 Å². The number of nitriles is 1. The highest BCUT2D eigenvalue weighted by Crippen LogP contribution is 2.47. The number of nitrogens with two attached hydrogens (primary N) is 1. The molecule has 386 valence electrons. The summed E-state index contributed by atoms with van der Waals surface area (Å²) in [6.07, 6.45) is 16.6. The molecule has 1 aliphatic rings. The Kier molecular flexibility index (Phi) is 30.0. The van der Waals surface area contributed by atoms with Gasteiger partial charge >= 0.3 is 0 Å². The van der Waals surface area contributed by atoms with Crippen LogP contribution in [0.15, 0.2) is 63.9 Å². The van der Waals surface area contributed by atoms with Gasteiger partial charge in [-0.3, -0.25) is 9.79 Å². The quantitative estimate of drug-likeness (QED) is 0.0338. The number of anilines is 2. The Balaban J connectivity index is 0.000000478. The van der Waals surface area contributed by atoms with Crippen molar-refractivity contribution in [3.63, 3.8) is 0 Å². The average Bonchev–Trinajstić information content (AvgIpc) is 3.68. The number of methoxy groups -OCH3 is 1. The Morgan fingerprint density at radius 3 is 2.26 bits per heavy atom. The van der Waals surface area contributed by atoms with Gasteiger partial charge in [-0.05, 0) is 121 Å². The van der Waals surface area contributed by atoms with Crippen LogP contribution in [0.5, 0.6) is 5.75 Å². The van der Waals surface area contributed by atoms with E-state index in [0.717, 1.165) is 109 Å². The van der Waals surface area contributed by atoms with Gasteiger partial charge in [0, 0.05) is 41.9 Å². The fourth-order valence-corrected chi connectivity index (χ4v) is 9.52. The number of unbranched alkanes of at least 4 members (excludes halogenated alkanes) is 3. The minimum Gasteiger partial charge on any atom is -0.489 e. The van der Waals surface area contributed by atoms with E-state index in [1.165, 1.54) is 50.0 Å². The van der Waals surface area contributed by atoms with Crippen molar-refractivity contribution < 1.29 is 28.5 Å². The Labute approximate surface area is 422 Å². The number of amides is 1. The summed E-state index contributed by atoms with van der Waals surface area (Å²) in [5.74, 6) is 1.37. The van der Waals surface area contributed by atoms with E-state index in [9.17, 15) is 10.1 Å². The molecule has 3 rings (SSSR count). The maximum absolute atomic E-state index is 12.7. The predicted molar refractivity (Wildman–Crippen MR) is 290 cm³/mol. The number of fused-ring (bicyclic) bond motifs is 1. The molecule has 0 saturated heterocycles. The van der Waals surface area contributed by atoms with Gasteiger partial charge in [-0.15, -0.1) is 11.3 Å². The highest BCUT2D eigenvalue weighted by atomic mass is 32.1. The lowest BCUT2D eigenvalue weighted by Gasteiger charge is -2.34. The van der Waals surface area contributed by atoms with Crippen molar-refractivity contribution >= 4 is 39.5 Å². The first-order valence-corrected chi connectivity index (χ1v) is 26.5. The zero-order chi connectivity index (χ0) is 51.2. The fourth-order valence-electron chi connectivity index (χ4n) is 8.33. The molecule has 1 unspecified atom stereocenters. The number of allylic oxidation sites excluding steroid dienone is 2. The van der Waals surface area contributed by atoms with E-state index in [2.05, 4.69) is 64.1 Å². The zero-order valence-electron chi connectivity index (χ0n) is 44.9. The van der Waals surface area contributed by atoms with E-state index in [1.54, 1.807) is 18.2 Å². The second-order valence-electron chi connectivity index (χ2n) is 18.2. The number of rotatable bonds is 31. The highest BCUT2D eigenvalue weighted by molar-refractivity contribution is 7.16. The molecular weight excluding hydrogens is 885 g/mol. The number of carbonyl (C=O) groups excluding carboxylic acids is 1. The van der Waals surface area contributed by atoms with Crippen LogP contribution < -0.4 is 15.4 Å². The van der Waals surface area contributed by atoms with Crippen LogP contribution in [-0.4, -0.2) is 102 Å². The molecule has 1 aliphatic carbocycles. The monoisotopic (exact) mass is 975 g/mol. The van der Waals surface area contributed by atoms with Crippen LogP contribution in [0.1, 0.15) is 155 Å². The maximum atomic E-state index is 12.7. The lowest BCUT2D eigenvalue weighted by molar-refractivity contribution is -0.121. The van der Waals surface area contributed by atoms with Crippen molar-refractivity contribution in [2.75, 3.05) is 90.7 Å². The normalized spacial score (nSPS) is 15.8. The van der Waals surface area contributed by atoms with Gasteiger partial charge < -0.3 is 39.2 Å². The van der Waals surface area contributed by atoms with Crippen molar-refractivity contribution in [1.29, 1.82) is 5.26 Å². The Hall–Kier alpha value is -4.32. The molecular formula is C56H90N6O6S. The first kappa shape index (κ1) is 60.8. The summed E-state index contributed by atoms with van der Waals surface area (Å²) >= 11 is 1.51. The number of hydrogen-bond donors (Lipinski definition) is 1. The van der Waals surface area contributed by atoms with Gasteiger partial charge in [0.2, 0.25) is 5.91 Å². The van der Waals surface area contributed by atoms with Crippen LogP contribution in [0.2, 0.25) is 0 Å². The third-order valence-electron chi connectivity index (χ3n) is 12.6. The van der Waals surface area contributed by atoms with Gasteiger partial charge in [-0.1, -0.05) is 85.9 Å². The molecule has 2 N–H and O–H groups in total. The summed E-state index contributed by atoms with van der Waals surface area (Å²) in [6.45, 7) is 32.3. The molecule has 1 aromatic carbocycles. The molecule has 0 radical (unpaired) electrons. The number of aliphatic imine (C=N–C) groups is 2. The van der Waals surface area contributed by atoms with Crippen molar-refractivity contribution in [2.24, 2.45) is 15.9 Å². The topological polar surface area (TPSA) is 144 Å². The second kappa shape index (κ2) is 34.1. The molecule has 0 spiro atoms. The molecule has 1 amide bonds. The number of carbonyl (C=O) groups is 1. The molecule has 1 aromatic heterocycles. The van der Waals surface area contributed by atoms with E-state index in [0.29, 0.717) is 61.9 Å². The lowest BCUT2D eigenvalue weighted by Crippen LogP contribution is -2.37. The van der Waals surface area contributed by atoms with Gasteiger partial charge in [-0.25, -0.2) is 4.99 Å². The van der Waals surface area contributed by atoms with Crippen molar-refractivity contribution in [2.45, 2.75) is 152 Å². The van der Waals surface area contributed by atoms with Crippen LogP contribution in [0.25, 0.3) is 0 Å². The smallest absolute Gasteiger partial charge is 0.229 e. The lowest BCUT2D eigenvalue weighted by atomic mass is 9.72.